The minimum Gasteiger partial charge on any atom is -0.310 e. The number of hydrogen-bond donors (Lipinski definition) is 0. The van der Waals surface area contributed by atoms with Crippen molar-refractivity contribution >= 4 is 62.4 Å². The zero-order valence-corrected chi connectivity index (χ0v) is 43.7. The molecule has 0 radical (unpaired) electrons. The van der Waals surface area contributed by atoms with Crippen LogP contribution in [-0.4, -0.2) is 9.13 Å². The second-order valence-electron chi connectivity index (χ2n) is 21.1. The molecular weight excluding hydrogens is 943 g/mol. The van der Waals surface area contributed by atoms with E-state index in [-0.39, 0.29) is 5.41 Å². The fourth-order valence-corrected chi connectivity index (χ4v) is 12.3. The van der Waals surface area contributed by atoms with Crippen molar-refractivity contribution in [1.29, 1.82) is 0 Å². The highest BCUT2D eigenvalue weighted by Crippen LogP contribution is 2.51. The van der Waals surface area contributed by atoms with Gasteiger partial charge in [0.1, 0.15) is 0 Å². The highest BCUT2D eigenvalue weighted by molar-refractivity contribution is 6.10. The monoisotopic (exact) mass is 997 g/mol. The molecule has 0 atom stereocenters. The summed E-state index contributed by atoms with van der Waals surface area (Å²) < 4.78 is 4.72. The Labute approximate surface area is 455 Å². The van der Waals surface area contributed by atoms with Gasteiger partial charge >= 0.3 is 0 Å². The fraction of sp³-hybridized carbons (Fsp3) is 0.0400. The van der Waals surface area contributed by atoms with Crippen molar-refractivity contribution in [3.8, 4) is 67.0 Å². The summed E-state index contributed by atoms with van der Waals surface area (Å²) in [5, 5.41) is 5.71. The molecule has 0 amide bonds. The molecule has 0 spiro atoms. The highest BCUT2D eigenvalue weighted by Gasteiger charge is 2.36. The Hall–Kier alpha value is -9.96. The molecule has 2 aromatic heterocycles. The number of aromatic nitrogens is 2. The molecule has 0 saturated carbocycles. The smallest absolute Gasteiger partial charge is 0.0547 e. The zero-order chi connectivity index (χ0) is 52.5. The average Bonchev–Trinajstić information content (AvgIpc) is 4.29. The van der Waals surface area contributed by atoms with Crippen LogP contribution in [0.4, 0.5) is 17.1 Å². The second kappa shape index (κ2) is 18.7. The standard InChI is InChI=1S/C75H55N3/c1-5-16-71-50(2)64-21-12-14-23-72(64)78(71)63-43-46-66-65-45-42-62(48-69(65)75(3,4)70(66)49-63)76(60-38-33-55(34-39-60)53-27-25-52(26-28-53)51-17-8-6-9-18-51)61-40-35-56(36-41-61)54-29-31-57(32-30-54)58-37-44-68-67-22-13-15-24-73(67)77(74(68)47-58)59-19-10-7-11-20-59/h5-49H,1-2H2,3-4H3/b71-16+. The van der Waals surface area contributed by atoms with E-state index in [1.165, 1.54) is 83.0 Å². The Morgan fingerprint density at radius 1 is 0.359 bits per heavy atom. The molecule has 1 aliphatic rings. The first-order valence-electron chi connectivity index (χ1n) is 26.9. The van der Waals surface area contributed by atoms with Crippen LogP contribution < -0.4 is 15.5 Å². The lowest BCUT2D eigenvalue weighted by Crippen LogP contribution is -2.27. The highest BCUT2D eigenvalue weighted by atomic mass is 15.1. The molecule has 0 aliphatic heterocycles. The fourth-order valence-electron chi connectivity index (χ4n) is 12.3. The first-order valence-corrected chi connectivity index (χ1v) is 26.9. The molecule has 1 aliphatic carbocycles. The van der Waals surface area contributed by atoms with E-state index in [1.807, 2.05) is 6.08 Å². The molecule has 0 saturated heterocycles. The van der Waals surface area contributed by atoms with Crippen molar-refractivity contribution < 1.29 is 0 Å². The number of anilines is 3. The number of hydrogen-bond acceptors (Lipinski definition) is 1. The molecule has 0 unspecified atom stereocenters. The van der Waals surface area contributed by atoms with Gasteiger partial charge in [0.2, 0.25) is 0 Å². The van der Waals surface area contributed by atoms with E-state index < -0.39 is 0 Å². The minimum atomic E-state index is -0.279. The maximum atomic E-state index is 4.51. The lowest BCUT2D eigenvalue weighted by molar-refractivity contribution is 0.660. The minimum absolute atomic E-state index is 0.279. The molecule has 0 bridgehead atoms. The van der Waals surface area contributed by atoms with Crippen molar-refractivity contribution in [2.24, 2.45) is 0 Å². The van der Waals surface area contributed by atoms with Crippen LogP contribution in [-0.2, 0) is 5.41 Å². The van der Waals surface area contributed by atoms with Crippen molar-refractivity contribution in [3.05, 3.63) is 295 Å². The molecule has 13 aromatic rings. The van der Waals surface area contributed by atoms with Crippen LogP contribution in [0.5, 0.6) is 0 Å². The lowest BCUT2D eigenvalue weighted by Gasteiger charge is -2.28. The van der Waals surface area contributed by atoms with Gasteiger partial charge in [-0.05, 0) is 152 Å². The normalized spacial score (nSPS) is 12.8. The summed E-state index contributed by atoms with van der Waals surface area (Å²) in [5.74, 6) is 0. The molecular formula is C75H55N3. The van der Waals surface area contributed by atoms with Crippen molar-refractivity contribution in [2.75, 3.05) is 4.90 Å². The van der Waals surface area contributed by atoms with Gasteiger partial charge in [0.05, 0.1) is 21.9 Å². The first kappa shape index (κ1) is 46.6. The molecule has 3 nitrogen and oxygen atoms in total. The van der Waals surface area contributed by atoms with Gasteiger partial charge in [0.15, 0.2) is 0 Å². The van der Waals surface area contributed by atoms with Gasteiger partial charge in [0, 0.05) is 55.2 Å². The summed E-state index contributed by atoms with van der Waals surface area (Å²) in [4.78, 5) is 2.41. The Morgan fingerprint density at radius 2 is 0.795 bits per heavy atom. The number of allylic oxidation sites excluding steroid dienone is 1. The number of rotatable bonds is 10. The molecule has 0 fully saturated rings. The Balaban J connectivity index is 0.814. The summed E-state index contributed by atoms with van der Waals surface area (Å²) in [5.41, 5.74) is 23.5. The van der Waals surface area contributed by atoms with Gasteiger partial charge in [-0.1, -0.05) is 215 Å². The zero-order valence-electron chi connectivity index (χ0n) is 43.7. The first-order chi connectivity index (χ1) is 38.3. The molecule has 78 heavy (non-hydrogen) atoms. The lowest BCUT2D eigenvalue weighted by atomic mass is 9.82. The van der Waals surface area contributed by atoms with Gasteiger partial charge in [-0.25, -0.2) is 0 Å². The molecule has 2 heterocycles. The van der Waals surface area contributed by atoms with Gasteiger partial charge in [0.25, 0.3) is 0 Å². The maximum Gasteiger partial charge on any atom is 0.0547 e. The molecule has 0 N–H and O–H groups in total. The van der Waals surface area contributed by atoms with Crippen molar-refractivity contribution in [3.63, 3.8) is 0 Å². The van der Waals surface area contributed by atoms with Gasteiger partial charge in [-0.15, -0.1) is 0 Å². The van der Waals surface area contributed by atoms with E-state index in [9.17, 15) is 0 Å². The van der Waals surface area contributed by atoms with Crippen LogP contribution >= 0.6 is 0 Å². The topological polar surface area (TPSA) is 13.1 Å². The summed E-state index contributed by atoms with van der Waals surface area (Å²) in [6.07, 6.45) is 3.93. The SMILES string of the molecule is C=C/C=c1\c(=C)c2ccccc2n1-c1ccc2c(c1)C(C)(C)c1cc(N(c3ccc(-c4ccc(-c5ccccc5)cc4)cc3)c3ccc(-c4ccc(-c5ccc6c7ccccc7n(-c7ccccc7)c6c5)cc4)cc3)ccc1-2. The third kappa shape index (κ3) is 7.74. The van der Waals surface area contributed by atoms with E-state index in [0.717, 1.165) is 55.5 Å². The predicted molar refractivity (Wildman–Crippen MR) is 331 cm³/mol. The Bertz CT molecular complexity index is 4560. The maximum absolute atomic E-state index is 4.51. The van der Waals surface area contributed by atoms with Crippen LogP contribution in [0.3, 0.4) is 0 Å². The summed E-state index contributed by atoms with van der Waals surface area (Å²) in [6.45, 7) is 13.3. The van der Waals surface area contributed by atoms with E-state index >= 15 is 0 Å². The molecule has 11 aromatic carbocycles. The molecule has 370 valence electrons. The molecule has 3 heteroatoms. The van der Waals surface area contributed by atoms with Crippen LogP contribution in [0.15, 0.2) is 274 Å². The summed E-state index contributed by atoms with van der Waals surface area (Å²) in [6, 6.07) is 95.4. The van der Waals surface area contributed by atoms with Gasteiger partial charge in [-0.2, -0.15) is 0 Å². The van der Waals surface area contributed by atoms with Crippen LogP contribution in [0.1, 0.15) is 25.0 Å². The van der Waals surface area contributed by atoms with Crippen molar-refractivity contribution in [1.82, 2.24) is 9.13 Å². The number of benzene rings is 11. The van der Waals surface area contributed by atoms with Crippen LogP contribution in [0, 0.1) is 0 Å². The van der Waals surface area contributed by atoms with Crippen LogP contribution in [0.2, 0.25) is 0 Å². The number of para-hydroxylation sites is 3. The van der Waals surface area contributed by atoms with E-state index in [2.05, 4.69) is 308 Å². The predicted octanol–water partition coefficient (Wildman–Crippen LogP) is 18.5. The summed E-state index contributed by atoms with van der Waals surface area (Å²) in [7, 11) is 0. The second-order valence-corrected chi connectivity index (χ2v) is 21.1. The van der Waals surface area contributed by atoms with E-state index in [1.54, 1.807) is 0 Å². The Kier molecular flexibility index (Phi) is 11.2. The summed E-state index contributed by atoms with van der Waals surface area (Å²) >= 11 is 0. The van der Waals surface area contributed by atoms with E-state index in [4.69, 9.17) is 0 Å². The number of fused-ring (bicyclic) bond motifs is 7. The van der Waals surface area contributed by atoms with Crippen molar-refractivity contribution in [2.45, 2.75) is 19.3 Å². The quantitative estimate of drug-likeness (QED) is 0.133. The van der Waals surface area contributed by atoms with Gasteiger partial charge in [-0.3, -0.25) is 0 Å². The van der Waals surface area contributed by atoms with E-state index in [0.29, 0.717) is 0 Å². The largest absolute Gasteiger partial charge is 0.310 e. The molecule has 14 rings (SSSR count). The third-order valence-electron chi connectivity index (χ3n) is 16.3. The number of nitrogens with zero attached hydrogens (tertiary/aromatic N) is 3. The third-order valence-corrected chi connectivity index (χ3v) is 16.3. The average molecular weight is 998 g/mol. The van der Waals surface area contributed by atoms with Gasteiger partial charge < -0.3 is 14.0 Å². The van der Waals surface area contributed by atoms with Crippen LogP contribution in [0.25, 0.3) is 112 Å². The Morgan fingerprint density at radius 3 is 1.38 bits per heavy atom.